The van der Waals surface area contributed by atoms with E-state index in [1.807, 2.05) is 29.5 Å². The molecule has 0 aliphatic rings. The smallest absolute Gasteiger partial charge is 0.165 e. The molecule has 57 heavy (non-hydrogen) atoms. The van der Waals surface area contributed by atoms with Crippen molar-refractivity contribution in [3.05, 3.63) is 176 Å². The van der Waals surface area contributed by atoms with Gasteiger partial charge in [-0.3, -0.25) is 0 Å². The average molecular weight is 764 g/mol. The van der Waals surface area contributed by atoms with Crippen LogP contribution in [-0.4, -0.2) is 15.0 Å². The number of hydrogen-bond acceptors (Lipinski definition) is 6. The summed E-state index contributed by atoms with van der Waals surface area (Å²) in [5, 5.41) is 6.96. The van der Waals surface area contributed by atoms with E-state index in [1.54, 1.807) is 11.3 Å². The van der Waals surface area contributed by atoms with Crippen LogP contribution in [0.3, 0.4) is 0 Å². The minimum absolute atomic E-state index is 0.598. The van der Waals surface area contributed by atoms with Gasteiger partial charge in [-0.2, -0.15) is 0 Å². The first kappa shape index (κ1) is 32.3. The third kappa shape index (κ3) is 5.30. The zero-order valence-electron chi connectivity index (χ0n) is 30.3. The van der Waals surface area contributed by atoms with Crippen molar-refractivity contribution in [3.8, 4) is 56.4 Å². The molecule has 0 atom stereocenters. The zero-order chi connectivity index (χ0) is 37.5. The molecule has 0 radical (unpaired) electrons. The van der Waals surface area contributed by atoms with Gasteiger partial charge in [0, 0.05) is 67.8 Å². The number of thiophene rings is 2. The van der Waals surface area contributed by atoms with Crippen LogP contribution in [-0.2, 0) is 0 Å². The quantitative estimate of drug-likeness (QED) is 0.175. The average Bonchev–Trinajstić information content (AvgIpc) is 3.97. The summed E-state index contributed by atoms with van der Waals surface area (Å²) in [6.45, 7) is 0. The Labute approximate surface area is 335 Å². The number of fused-ring (bicyclic) bond motifs is 9. The van der Waals surface area contributed by atoms with Gasteiger partial charge in [0.25, 0.3) is 0 Å². The third-order valence-corrected chi connectivity index (χ3v) is 13.3. The lowest BCUT2D eigenvalue weighted by Gasteiger charge is -2.12. The molecule has 12 rings (SSSR count). The molecule has 0 spiro atoms. The Bertz CT molecular complexity index is 3530. The lowest BCUT2D eigenvalue weighted by molar-refractivity contribution is 0.669. The molecule has 0 bridgehead atoms. The monoisotopic (exact) mass is 763 g/mol. The van der Waals surface area contributed by atoms with Crippen LogP contribution in [0.1, 0.15) is 0 Å². The fourth-order valence-electron chi connectivity index (χ4n) is 8.21. The number of rotatable bonds is 5. The van der Waals surface area contributed by atoms with Crippen LogP contribution in [0.15, 0.2) is 180 Å². The van der Waals surface area contributed by atoms with Crippen molar-refractivity contribution < 1.29 is 4.42 Å². The Morgan fingerprint density at radius 3 is 1.75 bits per heavy atom. The molecular weight excluding hydrogens is 735 g/mol. The van der Waals surface area contributed by atoms with Crippen LogP contribution in [0.5, 0.6) is 0 Å². The predicted molar refractivity (Wildman–Crippen MR) is 240 cm³/mol. The normalized spacial score (nSPS) is 11.9. The van der Waals surface area contributed by atoms with Gasteiger partial charge in [0.2, 0.25) is 0 Å². The number of para-hydroxylation sites is 1. The van der Waals surface area contributed by atoms with Gasteiger partial charge in [-0.25, -0.2) is 15.0 Å². The summed E-state index contributed by atoms with van der Waals surface area (Å²) in [6.07, 6.45) is 0. The molecular formula is C51H29N3OS2. The first-order chi connectivity index (χ1) is 28.2. The molecule has 6 heteroatoms. The highest BCUT2D eigenvalue weighted by Crippen LogP contribution is 2.43. The van der Waals surface area contributed by atoms with Crippen LogP contribution in [0.2, 0.25) is 0 Å². The molecule has 12 aromatic rings. The summed E-state index contributed by atoms with van der Waals surface area (Å²) in [4.78, 5) is 16.0. The standard InChI is InChI=1S/C51H29N3OS2/c1-2-11-30(12-3-1)31-21-23-32(24-22-31)49-52-50(39-17-10-16-37-35-13-5-9-20-45(35)57-48(37)39)54-51(53-49)41-28-34(29-43-47(41)38-15-4-7-18-42(38)55-43)33-25-26-46-40(27-33)36-14-6-8-19-44(36)56-46/h1-29H. The van der Waals surface area contributed by atoms with Gasteiger partial charge in [-0.05, 0) is 70.8 Å². The Hall–Kier alpha value is -6.99. The molecule has 8 aromatic carbocycles. The van der Waals surface area contributed by atoms with Gasteiger partial charge in [0.15, 0.2) is 17.5 Å². The van der Waals surface area contributed by atoms with Crippen LogP contribution >= 0.6 is 22.7 Å². The molecule has 0 fully saturated rings. The minimum Gasteiger partial charge on any atom is -0.456 e. The first-order valence-electron chi connectivity index (χ1n) is 18.9. The molecule has 0 unspecified atom stereocenters. The molecule has 0 N–H and O–H groups in total. The van der Waals surface area contributed by atoms with E-state index >= 15 is 0 Å². The second-order valence-electron chi connectivity index (χ2n) is 14.3. The Balaban J connectivity index is 1.12. The van der Waals surface area contributed by atoms with E-state index in [1.165, 1.54) is 35.6 Å². The van der Waals surface area contributed by atoms with Gasteiger partial charge in [0.1, 0.15) is 11.2 Å². The van der Waals surface area contributed by atoms with E-state index < -0.39 is 0 Å². The highest BCUT2D eigenvalue weighted by molar-refractivity contribution is 7.26. The van der Waals surface area contributed by atoms with E-state index in [9.17, 15) is 0 Å². The predicted octanol–water partition coefficient (Wildman–Crippen LogP) is 14.8. The van der Waals surface area contributed by atoms with Crippen LogP contribution in [0, 0.1) is 0 Å². The van der Waals surface area contributed by atoms with Gasteiger partial charge in [0.05, 0.1) is 0 Å². The largest absolute Gasteiger partial charge is 0.456 e. The van der Waals surface area contributed by atoms with Crippen molar-refractivity contribution in [2.24, 2.45) is 0 Å². The fourth-order valence-corrected chi connectivity index (χ4v) is 10.5. The lowest BCUT2D eigenvalue weighted by atomic mass is 9.97. The summed E-state index contributed by atoms with van der Waals surface area (Å²) in [5.74, 6) is 1.85. The maximum atomic E-state index is 6.63. The number of furan rings is 1. The molecule has 4 nitrogen and oxygen atoms in total. The van der Waals surface area contributed by atoms with E-state index in [2.05, 4.69) is 158 Å². The van der Waals surface area contributed by atoms with Crippen LogP contribution in [0.25, 0.3) is 119 Å². The molecule has 0 aliphatic heterocycles. The van der Waals surface area contributed by atoms with Gasteiger partial charge < -0.3 is 4.42 Å². The molecule has 4 aromatic heterocycles. The highest BCUT2D eigenvalue weighted by atomic mass is 32.1. The summed E-state index contributed by atoms with van der Waals surface area (Å²) in [6, 6.07) is 62.0. The van der Waals surface area contributed by atoms with Gasteiger partial charge in [-0.15, -0.1) is 22.7 Å². The Morgan fingerprint density at radius 2 is 0.930 bits per heavy atom. The van der Waals surface area contributed by atoms with Crippen molar-refractivity contribution in [3.63, 3.8) is 0 Å². The minimum atomic E-state index is 0.598. The van der Waals surface area contributed by atoms with E-state index in [4.69, 9.17) is 19.4 Å². The molecule has 0 aliphatic carbocycles. The third-order valence-electron chi connectivity index (χ3n) is 11.0. The maximum Gasteiger partial charge on any atom is 0.165 e. The van der Waals surface area contributed by atoms with Crippen molar-refractivity contribution in [1.29, 1.82) is 0 Å². The maximum absolute atomic E-state index is 6.63. The second kappa shape index (κ2) is 12.8. The Kier molecular flexibility index (Phi) is 7.24. The fraction of sp³-hybridized carbons (Fsp3) is 0. The second-order valence-corrected chi connectivity index (χ2v) is 16.5. The molecule has 0 saturated carbocycles. The van der Waals surface area contributed by atoms with Crippen molar-refractivity contribution in [1.82, 2.24) is 15.0 Å². The summed E-state index contributed by atoms with van der Waals surface area (Å²) < 4.78 is 11.6. The van der Waals surface area contributed by atoms with Crippen molar-refractivity contribution in [2.75, 3.05) is 0 Å². The molecule has 4 heterocycles. The first-order valence-corrected chi connectivity index (χ1v) is 20.6. The zero-order valence-corrected chi connectivity index (χ0v) is 31.9. The van der Waals surface area contributed by atoms with E-state index in [-0.39, 0.29) is 0 Å². The van der Waals surface area contributed by atoms with E-state index in [0.29, 0.717) is 17.5 Å². The van der Waals surface area contributed by atoms with Crippen LogP contribution in [0.4, 0.5) is 0 Å². The number of benzene rings is 8. The highest BCUT2D eigenvalue weighted by Gasteiger charge is 2.21. The SMILES string of the molecule is c1ccc(-c2ccc(-c3nc(-c4cccc5c4sc4ccccc45)nc(-c4cc(-c5ccc6sc7ccccc7c6c5)cc5oc6ccccc6c45)n3)cc2)cc1. The topological polar surface area (TPSA) is 51.8 Å². The van der Waals surface area contributed by atoms with Gasteiger partial charge in [-0.1, -0.05) is 127 Å². The Morgan fingerprint density at radius 1 is 0.333 bits per heavy atom. The van der Waals surface area contributed by atoms with Crippen molar-refractivity contribution >= 4 is 85.0 Å². The lowest BCUT2D eigenvalue weighted by Crippen LogP contribution is -2.01. The number of hydrogen-bond donors (Lipinski definition) is 0. The summed E-state index contributed by atoms with van der Waals surface area (Å²) in [7, 11) is 0. The molecule has 266 valence electrons. The van der Waals surface area contributed by atoms with Gasteiger partial charge >= 0.3 is 0 Å². The number of nitrogens with zero attached hydrogens (tertiary/aromatic N) is 3. The number of aromatic nitrogens is 3. The summed E-state index contributed by atoms with van der Waals surface area (Å²) in [5.41, 5.74) is 8.87. The molecule has 0 saturated heterocycles. The van der Waals surface area contributed by atoms with Crippen LogP contribution < -0.4 is 0 Å². The molecule has 0 amide bonds. The van der Waals surface area contributed by atoms with E-state index in [0.717, 1.165) is 65.6 Å². The van der Waals surface area contributed by atoms with Crippen molar-refractivity contribution in [2.45, 2.75) is 0 Å². The summed E-state index contributed by atoms with van der Waals surface area (Å²) >= 11 is 3.61.